The normalized spacial score (nSPS) is 15.0. The molecule has 1 N–H and O–H groups in total. The Balaban J connectivity index is 1.78. The van der Waals surface area contributed by atoms with Gasteiger partial charge in [-0.15, -0.1) is 0 Å². The highest BCUT2D eigenvalue weighted by Crippen LogP contribution is 2.33. The van der Waals surface area contributed by atoms with E-state index in [1.54, 1.807) is 12.3 Å². The largest absolute Gasteiger partial charge is 0.370 e. The molecule has 0 unspecified atom stereocenters. The van der Waals surface area contributed by atoms with Crippen molar-refractivity contribution in [3.63, 3.8) is 0 Å². The lowest BCUT2D eigenvalue weighted by molar-refractivity contribution is -0.125. The van der Waals surface area contributed by atoms with Gasteiger partial charge in [0.15, 0.2) is 0 Å². The van der Waals surface area contributed by atoms with Gasteiger partial charge in [-0.3, -0.25) is 9.78 Å². The third-order valence-corrected chi connectivity index (χ3v) is 5.17. The van der Waals surface area contributed by atoms with E-state index in [0.717, 1.165) is 61.9 Å². The van der Waals surface area contributed by atoms with Crippen LogP contribution in [0, 0.1) is 17.2 Å². The highest BCUT2D eigenvalue weighted by Gasteiger charge is 2.27. The van der Waals surface area contributed by atoms with Gasteiger partial charge in [0.05, 0.1) is 16.8 Å². The number of piperidine rings is 1. The molecule has 0 saturated carbocycles. The molecule has 1 aliphatic rings. The molecule has 0 bridgehead atoms. The SMILES string of the molecule is CCCCNC(=O)C1CCN(c2c(C#N)cnc3ccc(Cl)cc23)CC1. The van der Waals surface area contributed by atoms with Gasteiger partial charge in [0.2, 0.25) is 5.91 Å². The van der Waals surface area contributed by atoms with Gasteiger partial charge >= 0.3 is 0 Å². The monoisotopic (exact) mass is 370 g/mol. The maximum atomic E-state index is 12.3. The molecule has 1 fully saturated rings. The number of fused-ring (bicyclic) bond motifs is 1. The first kappa shape index (κ1) is 18.5. The predicted octanol–water partition coefficient (Wildman–Crippen LogP) is 3.89. The number of benzene rings is 1. The van der Waals surface area contributed by atoms with Crippen LogP contribution in [0.25, 0.3) is 10.9 Å². The summed E-state index contributed by atoms with van der Waals surface area (Å²) in [5.41, 5.74) is 2.25. The lowest BCUT2D eigenvalue weighted by atomic mass is 9.94. The second kappa shape index (κ2) is 8.37. The maximum Gasteiger partial charge on any atom is 0.223 e. The molecule has 0 aliphatic carbocycles. The van der Waals surface area contributed by atoms with Crippen molar-refractivity contribution < 1.29 is 4.79 Å². The fraction of sp³-hybridized carbons (Fsp3) is 0.450. The molecule has 2 aromatic rings. The maximum absolute atomic E-state index is 12.3. The Morgan fingerprint density at radius 3 is 2.88 bits per heavy atom. The molecule has 1 saturated heterocycles. The first-order valence-corrected chi connectivity index (χ1v) is 9.53. The number of hydrogen-bond acceptors (Lipinski definition) is 4. The second-order valence-electron chi connectivity index (χ2n) is 6.70. The number of carbonyl (C=O) groups is 1. The van der Waals surface area contributed by atoms with E-state index in [1.165, 1.54) is 0 Å². The average Bonchev–Trinajstić information content (AvgIpc) is 2.67. The number of rotatable bonds is 5. The Kier molecular flexibility index (Phi) is 5.95. The van der Waals surface area contributed by atoms with Crippen LogP contribution in [0.3, 0.4) is 0 Å². The van der Waals surface area contributed by atoms with E-state index in [4.69, 9.17) is 11.6 Å². The summed E-state index contributed by atoms with van der Waals surface area (Å²) in [4.78, 5) is 18.8. The van der Waals surface area contributed by atoms with Crippen molar-refractivity contribution in [2.45, 2.75) is 32.6 Å². The van der Waals surface area contributed by atoms with Gasteiger partial charge in [0.25, 0.3) is 0 Å². The minimum Gasteiger partial charge on any atom is -0.370 e. The average molecular weight is 371 g/mol. The summed E-state index contributed by atoms with van der Waals surface area (Å²) < 4.78 is 0. The highest BCUT2D eigenvalue weighted by atomic mass is 35.5. The van der Waals surface area contributed by atoms with Crippen molar-refractivity contribution in [3.05, 3.63) is 35.0 Å². The molecule has 0 atom stereocenters. The zero-order chi connectivity index (χ0) is 18.5. The van der Waals surface area contributed by atoms with Crippen LogP contribution in [0.4, 0.5) is 5.69 Å². The predicted molar refractivity (Wildman–Crippen MR) is 104 cm³/mol. The van der Waals surface area contributed by atoms with Gasteiger partial charge in [-0.1, -0.05) is 24.9 Å². The quantitative estimate of drug-likeness (QED) is 0.810. The lowest BCUT2D eigenvalue weighted by Gasteiger charge is -2.34. The van der Waals surface area contributed by atoms with Crippen molar-refractivity contribution in [1.29, 1.82) is 5.26 Å². The molecule has 0 radical (unpaired) electrons. The van der Waals surface area contributed by atoms with Crippen molar-refractivity contribution in [3.8, 4) is 6.07 Å². The van der Waals surface area contributed by atoms with Crippen molar-refractivity contribution >= 4 is 34.1 Å². The van der Waals surface area contributed by atoms with Gasteiger partial charge in [-0.25, -0.2) is 0 Å². The van der Waals surface area contributed by atoms with Crippen LogP contribution in [0.1, 0.15) is 38.2 Å². The van der Waals surface area contributed by atoms with E-state index in [2.05, 4.69) is 28.2 Å². The summed E-state index contributed by atoms with van der Waals surface area (Å²) >= 11 is 6.17. The fourth-order valence-corrected chi connectivity index (χ4v) is 3.64. The molecular weight excluding hydrogens is 348 g/mol. The number of aromatic nitrogens is 1. The number of anilines is 1. The number of nitrogens with zero attached hydrogens (tertiary/aromatic N) is 3. The second-order valence-corrected chi connectivity index (χ2v) is 7.14. The molecule has 1 aromatic heterocycles. The minimum atomic E-state index is 0.0466. The van der Waals surface area contributed by atoms with Crippen LogP contribution in [0.5, 0.6) is 0 Å². The highest BCUT2D eigenvalue weighted by molar-refractivity contribution is 6.31. The van der Waals surface area contributed by atoms with E-state index in [9.17, 15) is 10.1 Å². The van der Waals surface area contributed by atoms with E-state index in [0.29, 0.717) is 10.6 Å². The first-order chi connectivity index (χ1) is 12.6. The summed E-state index contributed by atoms with van der Waals surface area (Å²) in [5.74, 6) is 0.201. The summed E-state index contributed by atoms with van der Waals surface area (Å²) in [6.07, 6.45) is 5.28. The number of pyridine rings is 1. The van der Waals surface area contributed by atoms with Crippen LogP contribution in [-0.2, 0) is 4.79 Å². The Bertz CT molecular complexity index is 838. The number of amides is 1. The summed E-state index contributed by atoms with van der Waals surface area (Å²) in [6.45, 7) is 4.35. The van der Waals surface area contributed by atoms with E-state index >= 15 is 0 Å². The third kappa shape index (κ3) is 3.91. The number of nitriles is 1. The molecule has 6 heteroatoms. The Morgan fingerprint density at radius 1 is 1.42 bits per heavy atom. The van der Waals surface area contributed by atoms with Gasteiger partial charge < -0.3 is 10.2 Å². The van der Waals surface area contributed by atoms with Crippen LogP contribution < -0.4 is 10.2 Å². The first-order valence-electron chi connectivity index (χ1n) is 9.15. The molecule has 2 heterocycles. The molecule has 1 amide bonds. The summed E-state index contributed by atoms with van der Waals surface area (Å²) in [6, 6.07) is 7.79. The molecule has 26 heavy (non-hydrogen) atoms. The van der Waals surface area contributed by atoms with Crippen LogP contribution >= 0.6 is 11.6 Å². The van der Waals surface area contributed by atoms with E-state index in [-0.39, 0.29) is 11.8 Å². The zero-order valence-corrected chi connectivity index (χ0v) is 15.7. The molecule has 3 rings (SSSR count). The van der Waals surface area contributed by atoms with Crippen LogP contribution in [0.15, 0.2) is 24.4 Å². The van der Waals surface area contributed by atoms with Crippen molar-refractivity contribution in [2.75, 3.05) is 24.5 Å². The molecule has 5 nitrogen and oxygen atoms in total. The Labute approximate surface area is 159 Å². The zero-order valence-electron chi connectivity index (χ0n) is 15.0. The number of carbonyl (C=O) groups excluding carboxylic acids is 1. The van der Waals surface area contributed by atoms with Gasteiger partial charge in [0.1, 0.15) is 6.07 Å². The Morgan fingerprint density at radius 2 is 2.19 bits per heavy atom. The molecular formula is C20H23ClN4O. The smallest absolute Gasteiger partial charge is 0.223 e. The number of halogens is 1. The minimum absolute atomic E-state index is 0.0466. The van der Waals surface area contributed by atoms with E-state index in [1.807, 2.05) is 12.1 Å². The number of nitrogens with one attached hydrogen (secondary N) is 1. The van der Waals surface area contributed by atoms with Gasteiger partial charge in [0, 0.05) is 42.2 Å². The number of hydrogen-bond donors (Lipinski definition) is 1. The molecule has 136 valence electrons. The Hall–Kier alpha value is -2.32. The van der Waals surface area contributed by atoms with Crippen LogP contribution in [-0.4, -0.2) is 30.5 Å². The fourth-order valence-electron chi connectivity index (χ4n) is 3.47. The molecule has 1 aliphatic heterocycles. The van der Waals surface area contributed by atoms with Gasteiger partial charge in [-0.2, -0.15) is 5.26 Å². The third-order valence-electron chi connectivity index (χ3n) is 4.93. The standard InChI is InChI=1S/C20H23ClN4O/c1-2-3-8-23-20(26)14-6-9-25(10-7-14)19-15(12-22)13-24-18-5-4-16(21)11-17(18)19/h4-5,11,13-14H,2-3,6-10H2,1H3,(H,23,26). The number of unbranched alkanes of at least 4 members (excludes halogenated alkanes) is 1. The van der Waals surface area contributed by atoms with Crippen molar-refractivity contribution in [2.24, 2.45) is 5.92 Å². The van der Waals surface area contributed by atoms with Gasteiger partial charge in [-0.05, 0) is 37.5 Å². The van der Waals surface area contributed by atoms with Crippen molar-refractivity contribution in [1.82, 2.24) is 10.3 Å². The molecule has 0 spiro atoms. The van der Waals surface area contributed by atoms with E-state index < -0.39 is 0 Å². The topological polar surface area (TPSA) is 69.0 Å². The lowest BCUT2D eigenvalue weighted by Crippen LogP contribution is -2.41. The summed E-state index contributed by atoms with van der Waals surface area (Å²) in [7, 11) is 0. The molecule has 1 aromatic carbocycles. The van der Waals surface area contributed by atoms with Crippen LogP contribution in [0.2, 0.25) is 5.02 Å². The summed E-state index contributed by atoms with van der Waals surface area (Å²) in [5, 5.41) is 14.1.